The van der Waals surface area contributed by atoms with Gasteiger partial charge in [0.2, 0.25) is 0 Å². The summed E-state index contributed by atoms with van der Waals surface area (Å²) in [6, 6.07) is 4.58. The third-order valence-corrected chi connectivity index (χ3v) is 3.16. The molecule has 0 unspecified atom stereocenters. The van der Waals surface area contributed by atoms with Crippen LogP contribution >= 0.6 is 23.2 Å². The Kier molecular flexibility index (Phi) is 4.20. The molecule has 0 aliphatic heterocycles. The highest BCUT2D eigenvalue weighted by atomic mass is 35.5. The molecule has 0 saturated carbocycles. The minimum Gasteiger partial charge on any atom is -0.288 e. The molecule has 110 valence electrons. The third kappa shape index (κ3) is 3.33. The molecule has 0 N–H and O–H groups in total. The first-order valence-corrected chi connectivity index (χ1v) is 6.19. The summed E-state index contributed by atoms with van der Waals surface area (Å²) in [7, 11) is 0. The van der Waals surface area contributed by atoms with E-state index in [1.807, 2.05) is 0 Å². The Hall–Kier alpha value is -1.66. The second-order valence-corrected chi connectivity index (χ2v) is 4.75. The molecular weight excluding hydrogens is 333 g/mol. The summed E-state index contributed by atoms with van der Waals surface area (Å²) in [6.07, 6.45) is -4.67. The minimum atomic E-state index is -4.67. The molecule has 1 aromatic carbocycles. The minimum absolute atomic E-state index is 0.0819. The van der Waals surface area contributed by atoms with Crippen LogP contribution in [-0.2, 0) is 6.18 Å². The zero-order chi connectivity index (χ0) is 15.8. The standard InChI is InChI=1S/C13H5Cl2F4NO/c14-9-5-6(16)1-2-7(9)11(21)8-3-4-10(13(17,18)19)20-12(8)15/h1-5H. The van der Waals surface area contributed by atoms with Crippen LogP contribution in [0.2, 0.25) is 10.2 Å². The second kappa shape index (κ2) is 5.61. The smallest absolute Gasteiger partial charge is 0.288 e. The molecule has 0 aliphatic carbocycles. The van der Waals surface area contributed by atoms with Gasteiger partial charge in [-0.15, -0.1) is 0 Å². The lowest BCUT2D eigenvalue weighted by atomic mass is 10.0. The molecule has 1 aromatic heterocycles. The van der Waals surface area contributed by atoms with E-state index in [1.54, 1.807) is 0 Å². The Morgan fingerprint density at radius 2 is 1.67 bits per heavy atom. The molecule has 0 amide bonds. The zero-order valence-corrected chi connectivity index (χ0v) is 11.5. The highest BCUT2D eigenvalue weighted by Gasteiger charge is 2.33. The van der Waals surface area contributed by atoms with Crippen LogP contribution < -0.4 is 0 Å². The maximum Gasteiger partial charge on any atom is 0.433 e. The van der Waals surface area contributed by atoms with E-state index in [4.69, 9.17) is 23.2 Å². The summed E-state index contributed by atoms with van der Waals surface area (Å²) in [6.45, 7) is 0. The summed E-state index contributed by atoms with van der Waals surface area (Å²) in [5.74, 6) is -1.39. The van der Waals surface area contributed by atoms with Crippen LogP contribution in [0.1, 0.15) is 21.6 Å². The number of carbonyl (C=O) groups excluding carboxylic acids is 1. The van der Waals surface area contributed by atoms with E-state index in [2.05, 4.69) is 4.98 Å². The SMILES string of the molecule is O=C(c1ccc(F)cc1Cl)c1ccc(C(F)(F)F)nc1Cl. The first-order valence-electron chi connectivity index (χ1n) is 5.43. The zero-order valence-electron chi connectivity index (χ0n) is 10.0. The van der Waals surface area contributed by atoms with E-state index in [9.17, 15) is 22.4 Å². The topological polar surface area (TPSA) is 30.0 Å². The molecule has 0 atom stereocenters. The van der Waals surface area contributed by atoms with Crippen molar-refractivity contribution in [2.24, 2.45) is 0 Å². The molecule has 0 spiro atoms. The number of halogens is 6. The summed E-state index contributed by atoms with van der Waals surface area (Å²) >= 11 is 11.3. The van der Waals surface area contributed by atoms with Crippen LogP contribution in [0.4, 0.5) is 17.6 Å². The van der Waals surface area contributed by atoms with Crippen molar-refractivity contribution in [2.75, 3.05) is 0 Å². The Labute approximate surface area is 126 Å². The van der Waals surface area contributed by atoms with Gasteiger partial charge in [0, 0.05) is 5.56 Å². The fourth-order valence-corrected chi connectivity index (χ4v) is 2.07. The highest BCUT2D eigenvalue weighted by Crippen LogP contribution is 2.30. The van der Waals surface area contributed by atoms with Gasteiger partial charge in [0.1, 0.15) is 16.7 Å². The molecule has 0 fully saturated rings. The number of aromatic nitrogens is 1. The van der Waals surface area contributed by atoms with Crippen LogP contribution in [0.3, 0.4) is 0 Å². The maximum atomic E-state index is 12.9. The number of benzene rings is 1. The quantitative estimate of drug-likeness (QED) is 0.448. The number of carbonyl (C=O) groups is 1. The Morgan fingerprint density at radius 3 is 2.19 bits per heavy atom. The molecule has 2 aromatic rings. The summed E-state index contributed by atoms with van der Waals surface area (Å²) in [4.78, 5) is 15.3. The van der Waals surface area contributed by atoms with Crippen molar-refractivity contribution >= 4 is 29.0 Å². The van der Waals surface area contributed by atoms with E-state index in [0.717, 1.165) is 24.3 Å². The van der Waals surface area contributed by atoms with Gasteiger partial charge >= 0.3 is 6.18 Å². The van der Waals surface area contributed by atoms with Gasteiger partial charge in [-0.05, 0) is 30.3 Å². The van der Waals surface area contributed by atoms with Crippen LogP contribution in [0.5, 0.6) is 0 Å². The van der Waals surface area contributed by atoms with Crippen molar-refractivity contribution < 1.29 is 22.4 Å². The molecular formula is C13H5Cl2F4NO. The fraction of sp³-hybridized carbons (Fsp3) is 0.0769. The Balaban J connectivity index is 2.45. The predicted molar refractivity (Wildman–Crippen MR) is 69.1 cm³/mol. The van der Waals surface area contributed by atoms with Gasteiger partial charge in [-0.25, -0.2) is 9.37 Å². The molecule has 0 aliphatic rings. The normalized spacial score (nSPS) is 11.5. The van der Waals surface area contributed by atoms with Crippen molar-refractivity contribution in [1.29, 1.82) is 0 Å². The Bertz CT molecular complexity index is 716. The van der Waals surface area contributed by atoms with Crippen molar-refractivity contribution in [3.05, 3.63) is 63.1 Å². The highest BCUT2D eigenvalue weighted by molar-refractivity contribution is 6.37. The van der Waals surface area contributed by atoms with E-state index in [0.29, 0.717) is 6.07 Å². The maximum absolute atomic E-state index is 12.9. The van der Waals surface area contributed by atoms with Gasteiger partial charge in [0.05, 0.1) is 10.6 Å². The van der Waals surface area contributed by atoms with Gasteiger partial charge in [-0.2, -0.15) is 13.2 Å². The number of alkyl halides is 3. The van der Waals surface area contributed by atoms with E-state index in [1.165, 1.54) is 0 Å². The summed E-state index contributed by atoms with van der Waals surface area (Å²) in [5.41, 5.74) is -1.55. The lowest BCUT2D eigenvalue weighted by Gasteiger charge is -2.09. The van der Waals surface area contributed by atoms with Gasteiger partial charge < -0.3 is 0 Å². The van der Waals surface area contributed by atoms with E-state index >= 15 is 0 Å². The third-order valence-electron chi connectivity index (χ3n) is 2.56. The van der Waals surface area contributed by atoms with Crippen LogP contribution in [-0.4, -0.2) is 10.8 Å². The van der Waals surface area contributed by atoms with Crippen molar-refractivity contribution in [3.63, 3.8) is 0 Å². The first-order chi connectivity index (χ1) is 9.70. The average Bonchev–Trinajstić information content (AvgIpc) is 2.36. The summed E-state index contributed by atoms with van der Waals surface area (Å²) < 4.78 is 50.3. The largest absolute Gasteiger partial charge is 0.433 e. The van der Waals surface area contributed by atoms with Crippen molar-refractivity contribution in [1.82, 2.24) is 4.98 Å². The average molecular weight is 338 g/mol. The summed E-state index contributed by atoms with van der Waals surface area (Å²) in [5, 5.41) is -0.772. The predicted octanol–water partition coefficient (Wildman–Crippen LogP) is 4.78. The lowest BCUT2D eigenvalue weighted by Crippen LogP contribution is -2.11. The molecule has 2 nitrogen and oxygen atoms in total. The number of rotatable bonds is 2. The first kappa shape index (κ1) is 15.7. The van der Waals surface area contributed by atoms with Gasteiger partial charge in [-0.1, -0.05) is 23.2 Å². The number of pyridine rings is 1. The monoisotopic (exact) mass is 337 g/mol. The molecule has 0 radical (unpaired) electrons. The number of ketones is 1. The van der Waals surface area contributed by atoms with Gasteiger partial charge in [0.15, 0.2) is 5.78 Å². The van der Waals surface area contributed by atoms with Crippen molar-refractivity contribution in [2.45, 2.75) is 6.18 Å². The fourth-order valence-electron chi connectivity index (χ4n) is 1.58. The number of nitrogens with zero attached hydrogens (tertiary/aromatic N) is 1. The van der Waals surface area contributed by atoms with Gasteiger partial charge in [-0.3, -0.25) is 4.79 Å². The van der Waals surface area contributed by atoms with E-state index < -0.39 is 28.6 Å². The second-order valence-electron chi connectivity index (χ2n) is 3.99. The van der Waals surface area contributed by atoms with E-state index in [-0.39, 0.29) is 16.1 Å². The van der Waals surface area contributed by atoms with Crippen LogP contribution in [0.25, 0.3) is 0 Å². The lowest BCUT2D eigenvalue weighted by molar-refractivity contribution is -0.141. The van der Waals surface area contributed by atoms with Gasteiger partial charge in [0.25, 0.3) is 0 Å². The molecule has 0 saturated heterocycles. The Morgan fingerprint density at radius 1 is 1.05 bits per heavy atom. The molecule has 2 rings (SSSR count). The number of hydrogen-bond donors (Lipinski definition) is 0. The molecule has 0 bridgehead atoms. The van der Waals surface area contributed by atoms with Crippen LogP contribution in [0.15, 0.2) is 30.3 Å². The van der Waals surface area contributed by atoms with Crippen molar-refractivity contribution in [3.8, 4) is 0 Å². The molecule has 1 heterocycles. The number of hydrogen-bond acceptors (Lipinski definition) is 2. The molecule has 8 heteroatoms. The molecule has 21 heavy (non-hydrogen) atoms. The van der Waals surface area contributed by atoms with Crippen LogP contribution in [0, 0.1) is 5.82 Å².